The molecule has 0 aromatic heterocycles. The quantitative estimate of drug-likeness (QED) is 0.463. The van der Waals surface area contributed by atoms with E-state index >= 15 is 0 Å². The number of carbonyl (C=O) groups excluding carboxylic acids is 2. The lowest BCUT2D eigenvalue weighted by molar-refractivity contribution is -0.128. The van der Waals surface area contributed by atoms with Crippen LogP contribution in [0.3, 0.4) is 0 Å². The summed E-state index contributed by atoms with van der Waals surface area (Å²) in [6.45, 7) is 5.47. The first-order valence-electron chi connectivity index (χ1n) is 11.4. The first kappa shape index (κ1) is 21.9. The lowest BCUT2D eigenvalue weighted by Gasteiger charge is -2.26. The number of hydrogen-bond acceptors (Lipinski definition) is 3. The van der Waals surface area contributed by atoms with Gasteiger partial charge in [-0.25, -0.2) is 4.99 Å². The fourth-order valence-electron chi connectivity index (χ4n) is 4.33. The molecule has 1 unspecified atom stereocenters. The van der Waals surface area contributed by atoms with Crippen LogP contribution < -0.4 is 16.0 Å². The Balaban J connectivity index is 1.39. The number of guanidine groups is 1. The number of rotatable bonds is 7. The predicted molar refractivity (Wildman–Crippen MR) is 126 cm³/mol. The second-order valence-corrected chi connectivity index (χ2v) is 8.35. The van der Waals surface area contributed by atoms with E-state index in [4.69, 9.17) is 4.99 Å². The second-order valence-electron chi connectivity index (χ2n) is 8.35. The number of anilines is 1. The van der Waals surface area contributed by atoms with Crippen LogP contribution in [-0.4, -0.2) is 42.3 Å². The number of carbonyl (C=O) groups is 2. The van der Waals surface area contributed by atoms with Crippen molar-refractivity contribution in [1.29, 1.82) is 0 Å². The molecular formula is C25H31N5O2. The summed E-state index contributed by atoms with van der Waals surface area (Å²) in [5.41, 5.74) is 4.29. The molecule has 0 bridgehead atoms. The van der Waals surface area contributed by atoms with Crippen molar-refractivity contribution in [2.45, 2.75) is 45.2 Å². The Labute approximate surface area is 189 Å². The van der Waals surface area contributed by atoms with Crippen molar-refractivity contribution in [2.24, 2.45) is 4.99 Å². The zero-order chi connectivity index (χ0) is 22.3. The van der Waals surface area contributed by atoms with Gasteiger partial charge in [0.1, 0.15) is 0 Å². The van der Waals surface area contributed by atoms with Crippen molar-refractivity contribution in [1.82, 2.24) is 15.5 Å². The monoisotopic (exact) mass is 433 g/mol. The van der Waals surface area contributed by atoms with E-state index in [0.29, 0.717) is 32.5 Å². The van der Waals surface area contributed by atoms with Crippen LogP contribution in [0.4, 0.5) is 5.69 Å². The maximum absolute atomic E-state index is 12.1. The van der Waals surface area contributed by atoms with E-state index in [-0.39, 0.29) is 17.7 Å². The van der Waals surface area contributed by atoms with Gasteiger partial charge in [-0.1, -0.05) is 42.5 Å². The third-order valence-electron chi connectivity index (χ3n) is 5.92. The van der Waals surface area contributed by atoms with E-state index in [9.17, 15) is 9.59 Å². The normalized spacial score (nSPS) is 18.3. The molecule has 0 aliphatic carbocycles. The van der Waals surface area contributed by atoms with Gasteiger partial charge in [-0.05, 0) is 36.1 Å². The first-order valence-corrected chi connectivity index (χ1v) is 11.4. The number of nitrogens with one attached hydrogen (secondary N) is 3. The molecule has 2 amide bonds. The Morgan fingerprint density at radius 1 is 1.12 bits per heavy atom. The van der Waals surface area contributed by atoms with Gasteiger partial charge in [-0.3, -0.25) is 9.59 Å². The smallest absolute Gasteiger partial charge is 0.225 e. The molecule has 0 saturated carbocycles. The summed E-state index contributed by atoms with van der Waals surface area (Å²) >= 11 is 0. The third-order valence-corrected chi connectivity index (χ3v) is 5.92. The molecule has 2 aliphatic heterocycles. The largest absolute Gasteiger partial charge is 0.357 e. The summed E-state index contributed by atoms with van der Waals surface area (Å²) in [6.07, 6.45) is 2.07. The van der Waals surface area contributed by atoms with Crippen molar-refractivity contribution < 1.29 is 9.59 Å². The molecule has 2 aromatic rings. The summed E-state index contributed by atoms with van der Waals surface area (Å²) < 4.78 is 0. The van der Waals surface area contributed by atoms with Gasteiger partial charge in [0.2, 0.25) is 11.8 Å². The molecule has 7 nitrogen and oxygen atoms in total. The summed E-state index contributed by atoms with van der Waals surface area (Å²) in [7, 11) is 0. The molecule has 32 heavy (non-hydrogen) atoms. The maximum atomic E-state index is 12.1. The topological polar surface area (TPSA) is 85.8 Å². The lowest BCUT2D eigenvalue weighted by Crippen LogP contribution is -2.40. The minimum absolute atomic E-state index is 0.0470. The Morgan fingerprint density at radius 2 is 1.97 bits per heavy atom. The molecule has 7 heteroatoms. The van der Waals surface area contributed by atoms with Crippen LogP contribution in [-0.2, 0) is 22.7 Å². The SMILES string of the molecule is CCNC(=NCc1cccc(CN2CCCC2=O)c1)NCC1CC(=O)Nc2ccccc21. The number of fused-ring (bicyclic) bond motifs is 1. The van der Waals surface area contributed by atoms with Gasteiger partial charge >= 0.3 is 0 Å². The molecule has 4 rings (SSSR count). The Kier molecular flexibility index (Phi) is 7.04. The van der Waals surface area contributed by atoms with Gasteiger partial charge in [-0.15, -0.1) is 0 Å². The van der Waals surface area contributed by atoms with Gasteiger partial charge in [0.15, 0.2) is 5.96 Å². The van der Waals surface area contributed by atoms with Gasteiger partial charge in [0.25, 0.3) is 0 Å². The Morgan fingerprint density at radius 3 is 2.78 bits per heavy atom. The number of likely N-dealkylation sites (tertiary alicyclic amines) is 1. The summed E-state index contributed by atoms with van der Waals surface area (Å²) in [6, 6.07) is 16.2. The Hall–Kier alpha value is -3.35. The standard InChI is InChI=1S/C25H31N5O2/c1-2-26-25(28-16-20-14-23(31)29-22-10-4-3-9-21(20)22)27-15-18-7-5-8-19(13-18)17-30-12-6-11-24(30)32/h3-5,7-10,13,20H,2,6,11-12,14-17H2,1H3,(H,29,31)(H2,26,27,28). The van der Waals surface area contributed by atoms with Gasteiger partial charge in [0.05, 0.1) is 6.54 Å². The minimum Gasteiger partial charge on any atom is -0.357 e. The van der Waals surface area contributed by atoms with Crippen molar-refractivity contribution in [3.8, 4) is 0 Å². The second kappa shape index (κ2) is 10.3. The zero-order valence-corrected chi connectivity index (χ0v) is 18.6. The summed E-state index contributed by atoms with van der Waals surface area (Å²) in [5.74, 6) is 1.12. The summed E-state index contributed by atoms with van der Waals surface area (Å²) in [5, 5.41) is 9.65. The van der Waals surface area contributed by atoms with Crippen molar-refractivity contribution in [3.63, 3.8) is 0 Å². The van der Waals surface area contributed by atoms with Crippen LogP contribution in [0.5, 0.6) is 0 Å². The molecule has 2 aliphatic rings. The average molecular weight is 434 g/mol. The molecule has 1 fully saturated rings. The lowest BCUT2D eigenvalue weighted by atomic mass is 9.90. The number of aliphatic imine (C=N–C) groups is 1. The van der Waals surface area contributed by atoms with Crippen LogP contribution in [0.2, 0.25) is 0 Å². The zero-order valence-electron chi connectivity index (χ0n) is 18.6. The van der Waals surface area contributed by atoms with Gasteiger partial charge < -0.3 is 20.9 Å². The number of benzene rings is 2. The predicted octanol–water partition coefficient (Wildman–Crippen LogP) is 2.99. The highest BCUT2D eigenvalue weighted by atomic mass is 16.2. The number of hydrogen-bond donors (Lipinski definition) is 3. The molecular weight excluding hydrogens is 402 g/mol. The fourth-order valence-corrected chi connectivity index (χ4v) is 4.33. The highest BCUT2D eigenvalue weighted by molar-refractivity contribution is 5.94. The van der Waals surface area contributed by atoms with Crippen LogP contribution >= 0.6 is 0 Å². The van der Waals surface area contributed by atoms with Crippen LogP contribution in [0.25, 0.3) is 0 Å². The van der Waals surface area contributed by atoms with Crippen LogP contribution in [0.1, 0.15) is 48.8 Å². The van der Waals surface area contributed by atoms with E-state index in [0.717, 1.165) is 47.8 Å². The molecule has 2 aromatic carbocycles. The minimum atomic E-state index is 0.0470. The van der Waals surface area contributed by atoms with E-state index in [1.807, 2.05) is 36.1 Å². The van der Waals surface area contributed by atoms with Gasteiger partial charge in [-0.2, -0.15) is 0 Å². The number of nitrogens with zero attached hydrogens (tertiary/aromatic N) is 2. The van der Waals surface area contributed by atoms with E-state index < -0.39 is 0 Å². The Bertz CT molecular complexity index is 1000. The summed E-state index contributed by atoms with van der Waals surface area (Å²) in [4.78, 5) is 30.7. The van der Waals surface area contributed by atoms with E-state index in [2.05, 4.69) is 40.2 Å². The average Bonchev–Trinajstić information content (AvgIpc) is 3.20. The first-order chi connectivity index (χ1) is 15.6. The van der Waals surface area contributed by atoms with Crippen molar-refractivity contribution in [2.75, 3.05) is 25.0 Å². The van der Waals surface area contributed by atoms with Crippen LogP contribution in [0, 0.1) is 0 Å². The third kappa shape index (κ3) is 5.46. The number of amides is 2. The van der Waals surface area contributed by atoms with Crippen LogP contribution in [0.15, 0.2) is 53.5 Å². The highest BCUT2D eigenvalue weighted by Crippen LogP contribution is 2.31. The molecule has 3 N–H and O–H groups in total. The molecule has 1 saturated heterocycles. The number of para-hydroxylation sites is 1. The highest BCUT2D eigenvalue weighted by Gasteiger charge is 2.24. The van der Waals surface area contributed by atoms with Crippen molar-refractivity contribution in [3.05, 3.63) is 65.2 Å². The van der Waals surface area contributed by atoms with Crippen molar-refractivity contribution >= 4 is 23.5 Å². The maximum Gasteiger partial charge on any atom is 0.225 e. The molecule has 1 atom stereocenters. The molecule has 168 valence electrons. The molecule has 2 heterocycles. The van der Waals surface area contributed by atoms with E-state index in [1.165, 1.54) is 0 Å². The fraction of sp³-hybridized carbons (Fsp3) is 0.400. The van der Waals surface area contributed by atoms with E-state index in [1.54, 1.807) is 0 Å². The van der Waals surface area contributed by atoms with Gasteiger partial charge in [0, 0.05) is 50.6 Å². The molecule has 0 radical (unpaired) electrons. The molecule has 0 spiro atoms.